The molecule has 0 bridgehead atoms. The molecule has 0 spiro atoms. The molecule has 1 aromatic heterocycles. The van der Waals surface area contributed by atoms with Gasteiger partial charge in [-0.1, -0.05) is 13.8 Å². The zero-order valence-corrected chi connectivity index (χ0v) is 11.4. The van der Waals surface area contributed by atoms with E-state index in [-0.39, 0.29) is 5.91 Å². The van der Waals surface area contributed by atoms with Gasteiger partial charge in [0, 0.05) is 19.6 Å². The molecule has 18 heavy (non-hydrogen) atoms. The normalized spacial score (nSPS) is 10.2. The highest BCUT2D eigenvalue weighted by molar-refractivity contribution is 5.92. The summed E-state index contributed by atoms with van der Waals surface area (Å²) in [4.78, 5) is 14.0. The predicted molar refractivity (Wildman–Crippen MR) is 72.7 cm³/mol. The van der Waals surface area contributed by atoms with Crippen LogP contribution in [0.25, 0.3) is 0 Å². The smallest absolute Gasteiger partial charge is 0.274 e. The van der Waals surface area contributed by atoms with Gasteiger partial charge >= 0.3 is 0 Å². The number of hydrogen-bond acceptors (Lipinski definition) is 4. The van der Waals surface area contributed by atoms with Crippen molar-refractivity contribution in [2.45, 2.75) is 33.6 Å². The van der Waals surface area contributed by atoms with E-state index in [4.69, 9.17) is 0 Å². The van der Waals surface area contributed by atoms with Crippen LogP contribution in [-0.4, -0.2) is 40.6 Å². The quantitative estimate of drug-likeness (QED) is 0.805. The molecular weight excluding hydrogens is 228 g/mol. The Balaban J connectivity index is 2.74. The third-order valence-corrected chi connectivity index (χ3v) is 2.52. The van der Waals surface area contributed by atoms with Gasteiger partial charge in [0.2, 0.25) is 0 Å². The monoisotopic (exact) mass is 250 g/mol. The summed E-state index contributed by atoms with van der Waals surface area (Å²) in [6.07, 6.45) is 1.91. The second-order valence-electron chi connectivity index (χ2n) is 4.13. The molecule has 1 amide bonds. The maximum Gasteiger partial charge on any atom is 0.274 e. The number of amides is 1. The number of aromatic nitrogens is 2. The van der Waals surface area contributed by atoms with Crippen molar-refractivity contribution in [1.29, 1.82) is 0 Å². The van der Waals surface area contributed by atoms with Gasteiger partial charge in [-0.3, -0.25) is 4.79 Å². The molecule has 100 valence electrons. The summed E-state index contributed by atoms with van der Waals surface area (Å²) in [6, 6.07) is 3.52. The molecule has 0 aromatic carbocycles. The fourth-order valence-corrected chi connectivity index (χ4v) is 1.74. The maximum absolute atomic E-state index is 12.2. The number of carbonyl (C=O) groups is 1. The first kappa shape index (κ1) is 14.4. The summed E-state index contributed by atoms with van der Waals surface area (Å²) in [7, 11) is 0. The number of hydrogen-bond donors (Lipinski definition) is 1. The number of anilines is 1. The Hall–Kier alpha value is -1.65. The number of nitrogens with one attached hydrogen (secondary N) is 1. The Morgan fingerprint density at radius 2 is 1.83 bits per heavy atom. The van der Waals surface area contributed by atoms with Crippen LogP contribution >= 0.6 is 0 Å². The summed E-state index contributed by atoms with van der Waals surface area (Å²) in [5.74, 6) is 0.667. The zero-order chi connectivity index (χ0) is 13.4. The van der Waals surface area contributed by atoms with Crippen LogP contribution < -0.4 is 5.32 Å². The van der Waals surface area contributed by atoms with E-state index in [1.54, 1.807) is 12.1 Å². The molecule has 5 heteroatoms. The minimum absolute atomic E-state index is 0.0331. The van der Waals surface area contributed by atoms with Crippen molar-refractivity contribution in [3.63, 3.8) is 0 Å². The molecular formula is C13H22N4O. The molecule has 5 nitrogen and oxygen atoms in total. The van der Waals surface area contributed by atoms with Gasteiger partial charge in [-0.15, -0.1) is 10.2 Å². The molecule has 0 aliphatic rings. The van der Waals surface area contributed by atoms with Crippen molar-refractivity contribution < 1.29 is 4.79 Å². The van der Waals surface area contributed by atoms with Crippen LogP contribution in [0.5, 0.6) is 0 Å². The van der Waals surface area contributed by atoms with Crippen LogP contribution in [0.1, 0.15) is 44.1 Å². The van der Waals surface area contributed by atoms with Gasteiger partial charge in [-0.2, -0.15) is 0 Å². The zero-order valence-electron chi connectivity index (χ0n) is 11.4. The van der Waals surface area contributed by atoms with Gasteiger partial charge in [-0.05, 0) is 31.9 Å². The molecule has 0 radical (unpaired) electrons. The third kappa shape index (κ3) is 3.98. The lowest BCUT2D eigenvalue weighted by molar-refractivity contribution is 0.0748. The highest BCUT2D eigenvalue weighted by atomic mass is 16.2. The van der Waals surface area contributed by atoms with Crippen molar-refractivity contribution in [3.8, 4) is 0 Å². The fourth-order valence-electron chi connectivity index (χ4n) is 1.74. The topological polar surface area (TPSA) is 58.1 Å². The highest BCUT2D eigenvalue weighted by Gasteiger charge is 2.15. The molecule has 1 N–H and O–H groups in total. The second-order valence-corrected chi connectivity index (χ2v) is 4.13. The summed E-state index contributed by atoms with van der Waals surface area (Å²) < 4.78 is 0. The van der Waals surface area contributed by atoms with E-state index in [1.807, 2.05) is 11.8 Å². The minimum atomic E-state index is -0.0331. The van der Waals surface area contributed by atoms with Crippen LogP contribution in [0.4, 0.5) is 5.82 Å². The van der Waals surface area contributed by atoms with Gasteiger partial charge in [0.15, 0.2) is 5.69 Å². The lowest BCUT2D eigenvalue weighted by Crippen LogP contribution is -2.33. The molecule has 0 saturated heterocycles. The molecule has 0 atom stereocenters. The Kier molecular flexibility index (Phi) is 6.11. The maximum atomic E-state index is 12.2. The molecule has 0 aliphatic carbocycles. The molecule has 0 aliphatic heterocycles. The summed E-state index contributed by atoms with van der Waals surface area (Å²) in [5.41, 5.74) is 0.415. The van der Waals surface area contributed by atoms with E-state index in [0.29, 0.717) is 11.5 Å². The minimum Gasteiger partial charge on any atom is -0.369 e. The van der Waals surface area contributed by atoms with Crippen LogP contribution in [0.3, 0.4) is 0 Å². The Morgan fingerprint density at radius 1 is 1.17 bits per heavy atom. The van der Waals surface area contributed by atoms with Crippen LogP contribution in [0.2, 0.25) is 0 Å². The van der Waals surface area contributed by atoms with Gasteiger partial charge < -0.3 is 10.2 Å². The van der Waals surface area contributed by atoms with Crippen LogP contribution in [0.15, 0.2) is 12.1 Å². The first-order valence-corrected chi connectivity index (χ1v) is 6.59. The largest absolute Gasteiger partial charge is 0.369 e. The summed E-state index contributed by atoms with van der Waals surface area (Å²) in [6.45, 7) is 8.45. The first-order valence-electron chi connectivity index (χ1n) is 6.59. The Labute approximate surface area is 109 Å². The van der Waals surface area contributed by atoms with Crippen molar-refractivity contribution in [3.05, 3.63) is 17.8 Å². The van der Waals surface area contributed by atoms with Crippen LogP contribution in [0, 0.1) is 0 Å². The van der Waals surface area contributed by atoms with Crippen LogP contribution in [-0.2, 0) is 0 Å². The average Bonchev–Trinajstić information content (AvgIpc) is 2.39. The van der Waals surface area contributed by atoms with Gasteiger partial charge in [0.05, 0.1) is 0 Å². The van der Waals surface area contributed by atoms with Crippen molar-refractivity contribution in [1.82, 2.24) is 15.1 Å². The summed E-state index contributed by atoms with van der Waals surface area (Å²) >= 11 is 0. The standard InChI is InChI=1S/C13H22N4O/c1-4-9-17(10-5-2)13(18)11-7-8-12(14-6-3)16-15-11/h7-8H,4-6,9-10H2,1-3H3,(H,14,16). The molecule has 0 saturated carbocycles. The van der Waals surface area contributed by atoms with Gasteiger partial charge in [0.1, 0.15) is 5.82 Å². The fraction of sp³-hybridized carbons (Fsp3) is 0.615. The third-order valence-electron chi connectivity index (χ3n) is 2.52. The molecule has 0 unspecified atom stereocenters. The van der Waals surface area contributed by atoms with Gasteiger partial charge in [0.25, 0.3) is 5.91 Å². The summed E-state index contributed by atoms with van der Waals surface area (Å²) in [5, 5.41) is 11.0. The van der Waals surface area contributed by atoms with Crippen molar-refractivity contribution in [2.75, 3.05) is 25.0 Å². The van der Waals surface area contributed by atoms with E-state index in [0.717, 1.165) is 32.5 Å². The van der Waals surface area contributed by atoms with Crippen molar-refractivity contribution in [2.24, 2.45) is 0 Å². The highest BCUT2D eigenvalue weighted by Crippen LogP contribution is 2.06. The lowest BCUT2D eigenvalue weighted by Gasteiger charge is -2.20. The van der Waals surface area contributed by atoms with Crippen molar-refractivity contribution >= 4 is 11.7 Å². The SMILES string of the molecule is CCCN(CCC)C(=O)c1ccc(NCC)nn1. The molecule has 1 rings (SSSR count). The van der Waals surface area contributed by atoms with Gasteiger partial charge in [-0.25, -0.2) is 0 Å². The number of nitrogens with zero attached hydrogens (tertiary/aromatic N) is 3. The molecule has 1 aromatic rings. The Morgan fingerprint density at radius 3 is 2.28 bits per heavy atom. The molecule has 0 fully saturated rings. The van der Waals surface area contributed by atoms with E-state index in [1.165, 1.54) is 0 Å². The average molecular weight is 250 g/mol. The molecule has 1 heterocycles. The number of rotatable bonds is 7. The van der Waals surface area contributed by atoms with E-state index in [9.17, 15) is 4.79 Å². The van der Waals surface area contributed by atoms with E-state index >= 15 is 0 Å². The van der Waals surface area contributed by atoms with E-state index in [2.05, 4.69) is 29.4 Å². The first-order chi connectivity index (χ1) is 8.72. The van der Waals surface area contributed by atoms with E-state index < -0.39 is 0 Å². The second kappa shape index (κ2) is 7.63. The number of carbonyl (C=O) groups excluding carboxylic acids is 1. The lowest BCUT2D eigenvalue weighted by atomic mass is 10.3. The predicted octanol–water partition coefficient (Wildman–Crippen LogP) is 2.17. The Bertz CT molecular complexity index is 358.